The number of methoxy groups -OCH3 is 1. The minimum absolute atomic E-state index is 0.212. The van der Waals surface area contributed by atoms with Crippen molar-refractivity contribution in [3.8, 4) is 5.75 Å². The highest BCUT2D eigenvalue weighted by atomic mass is 19.1. The number of ether oxygens (including phenoxy) is 1. The van der Waals surface area contributed by atoms with Gasteiger partial charge in [0.05, 0.1) is 18.9 Å². The van der Waals surface area contributed by atoms with Crippen LogP contribution in [0, 0.1) is 5.82 Å². The van der Waals surface area contributed by atoms with Crippen molar-refractivity contribution in [2.24, 2.45) is 5.10 Å². The summed E-state index contributed by atoms with van der Waals surface area (Å²) < 4.78 is 19.3. The molecule has 4 nitrogen and oxygen atoms in total. The van der Waals surface area contributed by atoms with Crippen molar-refractivity contribution < 1.29 is 13.9 Å². The lowest BCUT2D eigenvalue weighted by molar-refractivity contribution is -0.130. The Kier molecular flexibility index (Phi) is 4.10. The fourth-order valence-corrected chi connectivity index (χ4v) is 2.77. The van der Waals surface area contributed by atoms with Crippen LogP contribution in [0.3, 0.4) is 0 Å². The average molecular weight is 312 g/mol. The largest absolute Gasteiger partial charge is 0.497 e. The van der Waals surface area contributed by atoms with Crippen LogP contribution in [0.4, 0.5) is 4.39 Å². The van der Waals surface area contributed by atoms with Gasteiger partial charge in [0.15, 0.2) is 0 Å². The van der Waals surface area contributed by atoms with Crippen LogP contribution in [-0.4, -0.2) is 23.7 Å². The molecule has 0 aromatic heterocycles. The van der Waals surface area contributed by atoms with E-state index < -0.39 is 6.04 Å². The molecule has 2 aromatic carbocycles. The number of carbonyl (C=O) groups is 1. The van der Waals surface area contributed by atoms with E-state index >= 15 is 0 Å². The number of hydrogen-bond acceptors (Lipinski definition) is 3. The lowest BCUT2D eigenvalue weighted by atomic mass is 9.98. The van der Waals surface area contributed by atoms with Crippen molar-refractivity contribution in [3.63, 3.8) is 0 Å². The van der Waals surface area contributed by atoms with Gasteiger partial charge in [-0.15, -0.1) is 0 Å². The Labute approximate surface area is 134 Å². The zero-order chi connectivity index (χ0) is 16.4. The molecule has 0 saturated heterocycles. The maximum Gasteiger partial charge on any atom is 0.240 e. The molecule has 23 heavy (non-hydrogen) atoms. The lowest BCUT2D eigenvalue weighted by Gasteiger charge is -2.20. The number of rotatable bonds is 3. The minimum atomic E-state index is -0.421. The van der Waals surface area contributed by atoms with Gasteiger partial charge in [-0.1, -0.05) is 30.3 Å². The molecule has 1 amide bonds. The van der Waals surface area contributed by atoms with Crippen LogP contribution >= 0.6 is 0 Å². The third-order valence-corrected chi connectivity index (χ3v) is 3.90. The van der Waals surface area contributed by atoms with Gasteiger partial charge in [0.1, 0.15) is 11.6 Å². The number of hydrazone groups is 1. The second-order valence-corrected chi connectivity index (χ2v) is 5.38. The van der Waals surface area contributed by atoms with Crippen molar-refractivity contribution in [2.75, 3.05) is 7.11 Å². The third-order valence-electron chi connectivity index (χ3n) is 3.90. The second kappa shape index (κ2) is 6.20. The number of benzene rings is 2. The number of carbonyl (C=O) groups excluding carboxylic acids is 1. The van der Waals surface area contributed by atoms with E-state index in [1.54, 1.807) is 25.3 Å². The Bertz CT molecular complexity index is 773. The first-order valence-electron chi connectivity index (χ1n) is 7.36. The van der Waals surface area contributed by atoms with E-state index in [9.17, 15) is 9.18 Å². The molecule has 5 heteroatoms. The van der Waals surface area contributed by atoms with Gasteiger partial charge in [-0.25, -0.2) is 9.40 Å². The molecule has 1 aliphatic heterocycles. The Morgan fingerprint density at radius 3 is 2.74 bits per heavy atom. The van der Waals surface area contributed by atoms with Crippen LogP contribution in [0.15, 0.2) is 53.6 Å². The van der Waals surface area contributed by atoms with Crippen molar-refractivity contribution in [2.45, 2.75) is 19.4 Å². The predicted molar refractivity (Wildman–Crippen MR) is 85.8 cm³/mol. The summed E-state index contributed by atoms with van der Waals surface area (Å²) in [4.78, 5) is 11.9. The van der Waals surface area contributed by atoms with Gasteiger partial charge in [-0.05, 0) is 18.2 Å². The fraction of sp³-hybridized carbons (Fsp3) is 0.222. The van der Waals surface area contributed by atoms with Crippen molar-refractivity contribution in [1.82, 2.24) is 5.01 Å². The van der Waals surface area contributed by atoms with Crippen molar-refractivity contribution >= 4 is 11.6 Å². The molecule has 0 saturated carbocycles. The quantitative estimate of drug-likeness (QED) is 0.870. The molecule has 0 fully saturated rings. The number of hydrogen-bond donors (Lipinski definition) is 0. The van der Waals surface area contributed by atoms with E-state index in [0.717, 1.165) is 11.3 Å². The molecular formula is C18H17FN2O2. The summed E-state index contributed by atoms with van der Waals surface area (Å²) in [5, 5.41) is 5.76. The molecule has 0 bridgehead atoms. The molecule has 118 valence electrons. The lowest BCUT2D eigenvalue weighted by Crippen LogP contribution is -2.25. The van der Waals surface area contributed by atoms with Crippen LogP contribution in [0.5, 0.6) is 5.75 Å². The van der Waals surface area contributed by atoms with E-state index in [1.807, 2.05) is 24.3 Å². The van der Waals surface area contributed by atoms with Gasteiger partial charge in [0.25, 0.3) is 0 Å². The molecule has 0 spiro atoms. The Balaban J connectivity index is 1.97. The molecule has 0 aliphatic carbocycles. The topological polar surface area (TPSA) is 41.9 Å². The van der Waals surface area contributed by atoms with E-state index in [-0.39, 0.29) is 11.7 Å². The maximum absolute atomic E-state index is 14.1. The van der Waals surface area contributed by atoms with Crippen LogP contribution in [0.2, 0.25) is 0 Å². The first-order chi connectivity index (χ1) is 11.1. The van der Waals surface area contributed by atoms with Gasteiger partial charge < -0.3 is 4.74 Å². The maximum atomic E-state index is 14.1. The molecule has 3 rings (SSSR count). The molecule has 1 unspecified atom stereocenters. The van der Waals surface area contributed by atoms with E-state index in [2.05, 4.69) is 5.10 Å². The van der Waals surface area contributed by atoms with Gasteiger partial charge in [-0.3, -0.25) is 4.79 Å². The summed E-state index contributed by atoms with van der Waals surface area (Å²) in [5.41, 5.74) is 2.09. The molecule has 0 radical (unpaired) electrons. The standard InChI is InChI=1S/C18H17FN2O2/c1-12(22)21-18(15-8-3-4-9-16(15)19)11-17(20-21)13-6-5-7-14(10-13)23-2/h3-10,18H,11H2,1-2H3. The summed E-state index contributed by atoms with van der Waals surface area (Å²) in [5.74, 6) is 0.177. The molecule has 2 aromatic rings. The molecule has 1 atom stereocenters. The Hall–Kier alpha value is -2.69. The summed E-state index contributed by atoms with van der Waals surface area (Å²) in [7, 11) is 1.60. The summed E-state index contributed by atoms with van der Waals surface area (Å²) in [6, 6.07) is 13.5. The average Bonchev–Trinajstić information content (AvgIpc) is 3.01. The monoisotopic (exact) mass is 312 g/mol. The van der Waals surface area contributed by atoms with Crippen LogP contribution < -0.4 is 4.74 Å². The van der Waals surface area contributed by atoms with Gasteiger partial charge in [0.2, 0.25) is 5.91 Å². The van der Waals surface area contributed by atoms with Crippen molar-refractivity contribution in [1.29, 1.82) is 0 Å². The first-order valence-corrected chi connectivity index (χ1v) is 7.36. The molecular weight excluding hydrogens is 295 g/mol. The molecule has 0 N–H and O–H groups in total. The van der Waals surface area contributed by atoms with E-state index in [0.29, 0.717) is 17.7 Å². The summed E-state index contributed by atoms with van der Waals surface area (Å²) >= 11 is 0. The fourth-order valence-electron chi connectivity index (χ4n) is 2.77. The zero-order valence-corrected chi connectivity index (χ0v) is 13.0. The highest BCUT2D eigenvalue weighted by Crippen LogP contribution is 2.34. The van der Waals surface area contributed by atoms with Crippen LogP contribution in [-0.2, 0) is 4.79 Å². The smallest absolute Gasteiger partial charge is 0.240 e. The zero-order valence-electron chi connectivity index (χ0n) is 13.0. The highest BCUT2D eigenvalue weighted by molar-refractivity contribution is 6.03. The molecule has 1 heterocycles. The van der Waals surface area contributed by atoms with Gasteiger partial charge >= 0.3 is 0 Å². The minimum Gasteiger partial charge on any atom is -0.497 e. The summed E-state index contributed by atoms with van der Waals surface area (Å²) in [6.07, 6.45) is 0.466. The number of halogens is 1. The predicted octanol–water partition coefficient (Wildman–Crippen LogP) is 3.53. The van der Waals surface area contributed by atoms with E-state index in [4.69, 9.17) is 4.74 Å². The first kappa shape index (κ1) is 15.2. The van der Waals surface area contributed by atoms with E-state index in [1.165, 1.54) is 18.0 Å². The number of nitrogens with zero attached hydrogens (tertiary/aromatic N) is 2. The molecule has 1 aliphatic rings. The van der Waals surface area contributed by atoms with Crippen LogP contribution in [0.1, 0.15) is 30.5 Å². The second-order valence-electron chi connectivity index (χ2n) is 5.38. The Morgan fingerprint density at radius 1 is 1.26 bits per heavy atom. The summed E-state index contributed by atoms with van der Waals surface area (Å²) in [6.45, 7) is 1.44. The normalized spacial score (nSPS) is 17.1. The van der Waals surface area contributed by atoms with Gasteiger partial charge in [-0.2, -0.15) is 5.10 Å². The van der Waals surface area contributed by atoms with Crippen LogP contribution in [0.25, 0.3) is 0 Å². The van der Waals surface area contributed by atoms with Crippen molar-refractivity contribution in [3.05, 3.63) is 65.5 Å². The highest BCUT2D eigenvalue weighted by Gasteiger charge is 2.32. The third kappa shape index (κ3) is 2.95. The van der Waals surface area contributed by atoms with Gasteiger partial charge in [0, 0.05) is 24.5 Å². The Morgan fingerprint density at radius 2 is 2.04 bits per heavy atom. The SMILES string of the molecule is COc1cccc(C2=NN(C(C)=O)C(c3ccccc3F)C2)c1. The number of amides is 1.